The van der Waals surface area contributed by atoms with Crippen LogP contribution in [-0.2, 0) is 0 Å². The summed E-state index contributed by atoms with van der Waals surface area (Å²) in [5.41, 5.74) is 0.463. The van der Waals surface area contributed by atoms with E-state index in [2.05, 4.69) is 12.2 Å². The van der Waals surface area contributed by atoms with E-state index in [1.165, 1.54) is 0 Å². The van der Waals surface area contributed by atoms with Gasteiger partial charge in [-0.3, -0.25) is 0 Å². The Balaban J connectivity index is 2.72. The fourth-order valence-corrected chi connectivity index (χ4v) is 1.99. The molecule has 0 aromatic heterocycles. The van der Waals surface area contributed by atoms with Gasteiger partial charge in [0.25, 0.3) is 0 Å². The van der Waals surface area contributed by atoms with E-state index in [1.807, 2.05) is 13.8 Å². The second kappa shape index (κ2) is 5.94. The lowest BCUT2D eigenvalue weighted by atomic mass is 9.94. The molecule has 0 aliphatic heterocycles. The van der Waals surface area contributed by atoms with Crippen LogP contribution in [0.15, 0.2) is 18.2 Å². The summed E-state index contributed by atoms with van der Waals surface area (Å²) in [7, 11) is 0. The molecule has 0 spiro atoms. The number of hydrogen-bond donors (Lipinski definition) is 1. The Morgan fingerprint density at radius 2 is 1.94 bits per heavy atom. The molecule has 0 saturated carbocycles. The summed E-state index contributed by atoms with van der Waals surface area (Å²) in [5, 5.41) is 3.26. The highest BCUT2D eigenvalue weighted by molar-refractivity contribution is 5.22. The van der Waals surface area contributed by atoms with Gasteiger partial charge in [0.15, 0.2) is 11.6 Å². The molecule has 1 N–H and O–H groups in total. The van der Waals surface area contributed by atoms with E-state index in [-0.39, 0.29) is 5.92 Å². The van der Waals surface area contributed by atoms with Crippen molar-refractivity contribution < 1.29 is 8.78 Å². The van der Waals surface area contributed by atoms with E-state index >= 15 is 0 Å². The van der Waals surface area contributed by atoms with Crippen molar-refractivity contribution >= 4 is 0 Å². The summed E-state index contributed by atoms with van der Waals surface area (Å²) in [4.78, 5) is 0. The highest BCUT2D eigenvalue weighted by Gasteiger charge is 2.16. The maximum absolute atomic E-state index is 13.5. The zero-order valence-corrected chi connectivity index (χ0v) is 10.1. The number of nitrogens with one attached hydrogen (secondary N) is 1. The minimum atomic E-state index is -0.763. The average molecular weight is 227 g/mol. The standard InChI is InChI=1S/C13H19F2N/c1-4-16-10(3)8-9(2)11-6-5-7-12(14)13(11)15/h5-7,9-10,16H,4,8H2,1-3H3. The van der Waals surface area contributed by atoms with Crippen LogP contribution in [0.25, 0.3) is 0 Å². The van der Waals surface area contributed by atoms with Gasteiger partial charge in [0, 0.05) is 6.04 Å². The fourth-order valence-electron chi connectivity index (χ4n) is 1.99. The van der Waals surface area contributed by atoms with Crippen molar-refractivity contribution in [1.82, 2.24) is 5.32 Å². The summed E-state index contributed by atoms with van der Waals surface area (Å²) >= 11 is 0. The lowest BCUT2D eigenvalue weighted by Crippen LogP contribution is -2.27. The first-order valence-electron chi connectivity index (χ1n) is 5.73. The highest BCUT2D eigenvalue weighted by Crippen LogP contribution is 2.24. The zero-order valence-electron chi connectivity index (χ0n) is 10.1. The molecule has 2 unspecified atom stereocenters. The Labute approximate surface area is 95.9 Å². The Morgan fingerprint density at radius 1 is 1.25 bits per heavy atom. The van der Waals surface area contributed by atoms with Crippen LogP contribution < -0.4 is 5.32 Å². The van der Waals surface area contributed by atoms with Crippen LogP contribution in [0.1, 0.15) is 38.7 Å². The molecular formula is C13H19F2N. The van der Waals surface area contributed by atoms with Crippen molar-refractivity contribution in [1.29, 1.82) is 0 Å². The molecule has 0 heterocycles. The SMILES string of the molecule is CCNC(C)CC(C)c1cccc(F)c1F. The molecule has 0 aliphatic carbocycles. The van der Waals surface area contributed by atoms with Crippen LogP contribution in [0.4, 0.5) is 8.78 Å². The van der Waals surface area contributed by atoms with Crippen LogP contribution in [0.5, 0.6) is 0 Å². The summed E-state index contributed by atoms with van der Waals surface area (Å²) < 4.78 is 26.5. The average Bonchev–Trinajstić information content (AvgIpc) is 2.22. The fraction of sp³-hybridized carbons (Fsp3) is 0.538. The maximum Gasteiger partial charge on any atom is 0.162 e. The van der Waals surface area contributed by atoms with Crippen molar-refractivity contribution in [2.75, 3.05) is 6.54 Å². The molecule has 0 fully saturated rings. The zero-order chi connectivity index (χ0) is 12.1. The lowest BCUT2D eigenvalue weighted by Gasteiger charge is -2.18. The summed E-state index contributed by atoms with van der Waals surface area (Å²) in [5.74, 6) is -1.45. The van der Waals surface area contributed by atoms with Gasteiger partial charge in [-0.25, -0.2) is 8.78 Å². The Hall–Kier alpha value is -0.960. The first kappa shape index (κ1) is 13.1. The van der Waals surface area contributed by atoms with Crippen molar-refractivity contribution in [3.05, 3.63) is 35.4 Å². The summed E-state index contributed by atoms with van der Waals surface area (Å²) in [6, 6.07) is 4.67. The van der Waals surface area contributed by atoms with Gasteiger partial charge in [0.1, 0.15) is 0 Å². The third kappa shape index (κ3) is 3.27. The predicted molar refractivity (Wildman–Crippen MR) is 62.5 cm³/mol. The minimum Gasteiger partial charge on any atom is -0.315 e. The van der Waals surface area contributed by atoms with Gasteiger partial charge in [-0.05, 0) is 37.4 Å². The number of rotatable bonds is 5. The van der Waals surface area contributed by atoms with Crippen LogP contribution in [-0.4, -0.2) is 12.6 Å². The van der Waals surface area contributed by atoms with Gasteiger partial charge >= 0.3 is 0 Å². The molecule has 0 amide bonds. The van der Waals surface area contributed by atoms with Crippen LogP contribution in [0.2, 0.25) is 0 Å². The molecule has 1 aromatic carbocycles. The molecule has 0 bridgehead atoms. The molecule has 1 aromatic rings. The summed E-state index contributed by atoms with van der Waals surface area (Å²) in [6.07, 6.45) is 0.800. The smallest absolute Gasteiger partial charge is 0.162 e. The second-order valence-corrected chi connectivity index (χ2v) is 4.24. The van der Waals surface area contributed by atoms with Crippen molar-refractivity contribution in [3.63, 3.8) is 0 Å². The van der Waals surface area contributed by atoms with Crippen molar-refractivity contribution in [3.8, 4) is 0 Å². The molecule has 3 heteroatoms. The Morgan fingerprint density at radius 3 is 2.56 bits per heavy atom. The van der Waals surface area contributed by atoms with Crippen molar-refractivity contribution in [2.24, 2.45) is 0 Å². The van der Waals surface area contributed by atoms with Gasteiger partial charge in [-0.2, -0.15) is 0 Å². The second-order valence-electron chi connectivity index (χ2n) is 4.24. The monoisotopic (exact) mass is 227 g/mol. The van der Waals surface area contributed by atoms with Crippen LogP contribution in [0.3, 0.4) is 0 Å². The minimum absolute atomic E-state index is 0.0183. The molecular weight excluding hydrogens is 208 g/mol. The molecule has 90 valence electrons. The van der Waals surface area contributed by atoms with E-state index in [9.17, 15) is 8.78 Å². The van der Waals surface area contributed by atoms with Gasteiger partial charge in [-0.15, -0.1) is 0 Å². The predicted octanol–water partition coefficient (Wildman–Crippen LogP) is 3.46. The quantitative estimate of drug-likeness (QED) is 0.812. The van der Waals surface area contributed by atoms with E-state index in [4.69, 9.17) is 0 Å². The van der Waals surface area contributed by atoms with Gasteiger partial charge < -0.3 is 5.32 Å². The lowest BCUT2D eigenvalue weighted by molar-refractivity contribution is 0.457. The van der Waals surface area contributed by atoms with E-state index in [1.54, 1.807) is 12.1 Å². The molecule has 16 heavy (non-hydrogen) atoms. The Bertz CT molecular complexity index is 339. The van der Waals surface area contributed by atoms with E-state index in [0.717, 1.165) is 19.0 Å². The van der Waals surface area contributed by atoms with Gasteiger partial charge in [0.2, 0.25) is 0 Å². The third-order valence-electron chi connectivity index (χ3n) is 2.77. The number of halogens is 2. The Kier molecular flexibility index (Phi) is 4.87. The number of hydrogen-bond acceptors (Lipinski definition) is 1. The molecule has 1 nitrogen and oxygen atoms in total. The summed E-state index contributed by atoms with van der Waals surface area (Å²) in [6.45, 7) is 6.90. The first-order chi connectivity index (χ1) is 7.56. The molecule has 0 radical (unpaired) electrons. The topological polar surface area (TPSA) is 12.0 Å². The highest BCUT2D eigenvalue weighted by atomic mass is 19.2. The first-order valence-corrected chi connectivity index (χ1v) is 5.73. The molecule has 0 saturated heterocycles. The van der Waals surface area contributed by atoms with E-state index < -0.39 is 11.6 Å². The molecule has 1 rings (SSSR count). The molecule has 0 aliphatic rings. The molecule has 2 atom stereocenters. The third-order valence-corrected chi connectivity index (χ3v) is 2.77. The van der Waals surface area contributed by atoms with E-state index in [0.29, 0.717) is 11.6 Å². The van der Waals surface area contributed by atoms with Crippen LogP contribution >= 0.6 is 0 Å². The van der Waals surface area contributed by atoms with Crippen molar-refractivity contribution in [2.45, 2.75) is 39.2 Å². The number of benzene rings is 1. The van der Waals surface area contributed by atoms with Crippen LogP contribution in [0, 0.1) is 11.6 Å². The van der Waals surface area contributed by atoms with Gasteiger partial charge in [-0.1, -0.05) is 26.0 Å². The maximum atomic E-state index is 13.5. The normalized spacial score (nSPS) is 14.8. The largest absolute Gasteiger partial charge is 0.315 e. The van der Waals surface area contributed by atoms with Gasteiger partial charge in [0.05, 0.1) is 0 Å².